The molecule has 0 fully saturated rings. The van der Waals surface area contributed by atoms with Gasteiger partial charge in [-0.15, -0.1) is 11.8 Å². The van der Waals surface area contributed by atoms with Crippen molar-refractivity contribution >= 4 is 22.7 Å². The molecule has 0 aliphatic heterocycles. The number of nitrogens with zero attached hydrogens (tertiary/aromatic N) is 2. The molecule has 25 heavy (non-hydrogen) atoms. The normalized spacial score (nSPS) is 13.6. The van der Waals surface area contributed by atoms with Gasteiger partial charge in [-0.25, -0.2) is 9.97 Å². The van der Waals surface area contributed by atoms with Crippen molar-refractivity contribution in [1.82, 2.24) is 9.97 Å². The van der Waals surface area contributed by atoms with E-state index in [1.165, 1.54) is 0 Å². The van der Waals surface area contributed by atoms with Gasteiger partial charge < -0.3 is 9.84 Å². The molecule has 4 nitrogen and oxygen atoms in total. The smallest absolute Gasteiger partial charge is 0.136 e. The van der Waals surface area contributed by atoms with Crippen molar-refractivity contribution in [3.63, 3.8) is 0 Å². The minimum atomic E-state index is -0.660. The molecule has 0 bridgehead atoms. The summed E-state index contributed by atoms with van der Waals surface area (Å²) >= 11 is 1.60. The van der Waals surface area contributed by atoms with E-state index in [2.05, 4.69) is 6.92 Å². The van der Waals surface area contributed by atoms with E-state index < -0.39 is 6.10 Å². The number of ether oxygens (including phenoxy) is 1. The zero-order chi connectivity index (χ0) is 17.8. The standard InChI is InChI=1S/C20H22N2O2S/c1-4-15(18(23)13-9-11-14(24-2)12-10-13)19-21-17-8-6-5-7-16(17)20(22-19)25-3/h5-12,15,18,23H,4H2,1-3H3. The monoisotopic (exact) mass is 354 g/mol. The maximum Gasteiger partial charge on any atom is 0.136 e. The first kappa shape index (κ1) is 17.7. The number of thioether (sulfide) groups is 1. The third-order valence-electron chi connectivity index (χ3n) is 4.39. The van der Waals surface area contributed by atoms with Crippen molar-refractivity contribution in [3.8, 4) is 5.75 Å². The maximum absolute atomic E-state index is 10.9. The summed E-state index contributed by atoms with van der Waals surface area (Å²) in [5.74, 6) is 1.30. The molecule has 0 spiro atoms. The second kappa shape index (κ2) is 7.85. The van der Waals surface area contributed by atoms with Gasteiger partial charge in [0.25, 0.3) is 0 Å². The van der Waals surface area contributed by atoms with Gasteiger partial charge >= 0.3 is 0 Å². The molecule has 0 saturated carbocycles. The Morgan fingerprint density at radius 3 is 2.44 bits per heavy atom. The van der Waals surface area contributed by atoms with Gasteiger partial charge in [-0.1, -0.05) is 37.3 Å². The highest BCUT2D eigenvalue weighted by molar-refractivity contribution is 7.98. The van der Waals surface area contributed by atoms with Crippen LogP contribution in [0.5, 0.6) is 5.75 Å². The predicted molar refractivity (Wildman–Crippen MR) is 102 cm³/mol. The second-order valence-electron chi connectivity index (χ2n) is 5.84. The third kappa shape index (κ3) is 3.62. The molecule has 3 rings (SSSR count). The van der Waals surface area contributed by atoms with Crippen LogP contribution in [0.15, 0.2) is 53.6 Å². The summed E-state index contributed by atoms with van der Waals surface area (Å²) in [7, 11) is 1.63. The van der Waals surface area contributed by atoms with E-state index in [1.807, 2.05) is 54.8 Å². The fraction of sp³-hybridized carbons (Fsp3) is 0.300. The van der Waals surface area contributed by atoms with Gasteiger partial charge in [0.05, 0.1) is 18.7 Å². The third-order valence-corrected chi connectivity index (χ3v) is 5.09. The van der Waals surface area contributed by atoms with Gasteiger partial charge in [-0.05, 0) is 36.4 Å². The molecule has 130 valence electrons. The van der Waals surface area contributed by atoms with Crippen molar-refractivity contribution < 1.29 is 9.84 Å². The van der Waals surface area contributed by atoms with Gasteiger partial charge in [0.15, 0.2) is 0 Å². The number of fused-ring (bicyclic) bond motifs is 1. The van der Waals surface area contributed by atoms with Gasteiger partial charge in [-0.3, -0.25) is 0 Å². The number of aliphatic hydroxyl groups excluding tert-OH is 1. The minimum Gasteiger partial charge on any atom is -0.497 e. The van der Waals surface area contributed by atoms with Crippen LogP contribution in [0, 0.1) is 0 Å². The van der Waals surface area contributed by atoms with Gasteiger partial charge in [0, 0.05) is 11.3 Å². The van der Waals surface area contributed by atoms with Crippen LogP contribution < -0.4 is 4.74 Å². The first-order valence-electron chi connectivity index (χ1n) is 8.30. The molecule has 0 radical (unpaired) electrons. The molecule has 1 aromatic heterocycles. The summed E-state index contributed by atoms with van der Waals surface area (Å²) in [5.41, 5.74) is 1.76. The molecule has 1 N–H and O–H groups in total. The largest absolute Gasteiger partial charge is 0.497 e. The Morgan fingerprint density at radius 1 is 1.08 bits per heavy atom. The molecule has 0 aliphatic carbocycles. The van der Waals surface area contributed by atoms with E-state index in [-0.39, 0.29) is 5.92 Å². The van der Waals surface area contributed by atoms with Crippen molar-refractivity contribution in [2.24, 2.45) is 0 Å². The minimum absolute atomic E-state index is 0.163. The van der Waals surface area contributed by atoms with E-state index in [0.29, 0.717) is 5.82 Å². The van der Waals surface area contributed by atoms with Gasteiger partial charge in [0.1, 0.15) is 16.6 Å². The van der Waals surface area contributed by atoms with E-state index in [1.54, 1.807) is 18.9 Å². The average molecular weight is 354 g/mol. The molecular formula is C20H22N2O2S. The van der Waals surface area contributed by atoms with E-state index >= 15 is 0 Å². The molecule has 0 aliphatic rings. The lowest BCUT2D eigenvalue weighted by atomic mass is 9.92. The number of aromatic nitrogens is 2. The van der Waals surface area contributed by atoms with Crippen LogP contribution in [-0.2, 0) is 0 Å². The predicted octanol–water partition coefficient (Wildman–Crippen LogP) is 4.59. The Balaban J connectivity index is 2.00. The van der Waals surface area contributed by atoms with E-state index in [0.717, 1.165) is 33.7 Å². The topological polar surface area (TPSA) is 55.2 Å². The van der Waals surface area contributed by atoms with Crippen LogP contribution in [0.25, 0.3) is 10.9 Å². The summed E-state index contributed by atoms with van der Waals surface area (Å²) in [6.07, 6.45) is 2.10. The van der Waals surface area contributed by atoms with Crippen molar-refractivity contribution in [3.05, 3.63) is 59.9 Å². The van der Waals surface area contributed by atoms with Crippen LogP contribution in [0.3, 0.4) is 0 Å². The molecule has 0 amide bonds. The number of methoxy groups -OCH3 is 1. The van der Waals surface area contributed by atoms with Crippen molar-refractivity contribution in [2.75, 3.05) is 13.4 Å². The molecule has 2 atom stereocenters. The van der Waals surface area contributed by atoms with Crippen LogP contribution in [0.4, 0.5) is 0 Å². The zero-order valence-corrected chi connectivity index (χ0v) is 15.5. The molecule has 0 saturated heterocycles. The Bertz CT molecular complexity index is 852. The highest BCUT2D eigenvalue weighted by Crippen LogP contribution is 2.34. The second-order valence-corrected chi connectivity index (χ2v) is 6.64. The summed E-state index contributed by atoms with van der Waals surface area (Å²) in [6.45, 7) is 2.05. The molecule has 5 heteroatoms. The maximum atomic E-state index is 10.9. The summed E-state index contributed by atoms with van der Waals surface area (Å²) in [5, 5.41) is 12.9. The summed E-state index contributed by atoms with van der Waals surface area (Å²) in [4.78, 5) is 9.46. The Kier molecular flexibility index (Phi) is 5.56. The summed E-state index contributed by atoms with van der Waals surface area (Å²) in [6, 6.07) is 15.5. The number of rotatable bonds is 6. The first-order valence-corrected chi connectivity index (χ1v) is 9.53. The molecule has 1 heterocycles. The molecule has 3 aromatic rings. The van der Waals surface area contributed by atoms with Crippen LogP contribution in [-0.4, -0.2) is 28.4 Å². The molecule has 2 aromatic carbocycles. The number of aliphatic hydroxyl groups is 1. The number of benzene rings is 2. The summed E-state index contributed by atoms with van der Waals surface area (Å²) < 4.78 is 5.19. The van der Waals surface area contributed by atoms with E-state index in [4.69, 9.17) is 14.7 Å². The van der Waals surface area contributed by atoms with Crippen LogP contribution >= 0.6 is 11.8 Å². The SMILES string of the molecule is CCC(c1nc(SC)c2ccccc2n1)C(O)c1ccc(OC)cc1. The highest BCUT2D eigenvalue weighted by atomic mass is 32.2. The lowest BCUT2D eigenvalue weighted by molar-refractivity contribution is 0.138. The van der Waals surface area contributed by atoms with Crippen LogP contribution in [0.2, 0.25) is 0 Å². The Hall–Kier alpha value is -2.11. The van der Waals surface area contributed by atoms with E-state index in [9.17, 15) is 5.11 Å². The highest BCUT2D eigenvalue weighted by Gasteiger charge is 2.25. The number of hydrogen-bond acceptors (Lipinski definition) is 5. The Labute approximate surface area is 152 Å². The number of para-hydroxylation sites is 1. The van der Waals surface area contributed by atoms with Gasteiger partial charge in [0.2, 0.25) is 0 Å². The molecule has 2 unspecified atom stereocenters. The first-order chi connectivity index (χ1) is 12.2. The molecular weight excluding hydrogens is 332 g/mol. The van der Waals surface area contributed by atoms with Gasteiger partial charge in [-0.2, -0.15) is 0 Å². The lowest BCUT2D eigenvalue weighted by Crippen LogP contribution is -2.14. The average Bonchev–Trinajstić information content (AvgIpc) is 2.67. The Morgan fingerprint density at radius 2 is 1.80 bits per heavy atom. The quantitative estimate of drug-likeness (QED) is 0.518. The van der Waals surface area contributed by atoms with Crippen LogP contribution in [0.1, 0.15) is 36.8 Å². The zero-order valence-electron chi connectivity index (χ0n) is 14.6. The fourth-order valence-corrected chi connectivity index (χ4v) is 3.54. The fourth-order valence-electron chi connectivity index (χ4n) is 2.97. The lowest BCUT2D eigenvalue weighted by Gasteiger charge is -2.22. The number of hydrogen-bond donors (Lipinski definition) is 1. The van der Waals surface area contributed by atoms with Crippen molar-refractivity contribution in [2.45, 2.75) is 30.4 Å². The van der Waals surface area contributed by atoms with Crippen molar-refractivity contribution in [1.29, 1.82) is 0 Å².